The maximum absolute atomic E-state index is 10.6. The molecule has 1 rings (SSSR count). The molecular formula is C10H12ClNO2. The monoisotopic (exact) mass is 213 g/mol. The van der Waals surface area contributed by atoms with Gasteiger partial charge in [-0.1, -0.05) is 24.6 Å². The van der Waals surface area contributed by atoms with E-state index in [2.05, 4.69) is 0 Å². The van der Waals surface area contributed by atoms with Crippen molar-refractivity contribution in [2.75, 3.05) is 5.73 Å². The van der Waals surface area contributed by atoms with Crippen molar-refractivity contribution in [3.05, 3.63) is 28.8 Å². The van der Waals surface area contributed by atoms with E-state index < -0.39 is 11.9 Å². The average molecular weight is 214 g/mol. The van der Waals surface area contributed by atoms with Crippen molar-refractivity contribution in [3.63, 3.8) is 0 Å². The molecule has 0 saturated heterocycles. The zero-order valence-electron chi connectivity index (χ0n) is 7.83. The fraction of sp³-hybridized carbons (Fsp3) is 0.300. The number of aliphatic carboxylic acids is 1. The number of carbonyl (C=O) groups is 1. The highest BCUT2D eigenvalue weighted by molar-refractivity contribution is 6.30. The predicted molar refractivity (Wildman–Crippen MR) is 56.4 cm³/mol. The Morgan fingerprint density at radius 3 is 2.79 bits per heavy atom. The van der Waals surface area contributed by atoms with Crippen molar-refractivity contribution in [2.24, 2.45) is 5.92 Å². The molecule has 0 aliphatic heterocycles. The van der Waals surface area contributed by atoms with Gasteiger partial charge in [-0.3, -0.25) is 4.79 Å². The fourth-order valence-electron chi connectivity index (χ4n) is 1.17. The predicted octanol–water partition coefficient (Wildman–Crippen LogP) is 2.19. The molecule has 14 heavy (non-hydrogen) atoms. The molecule has 0 amide bonds. The summed E-state index contributed by atoms with van der Waals surface area (Å²) in [7, 11) is 0. The Hall–Kier alpha value is -1.22. The van der Waals surface area contributed by atoms with Gasteiger partial charge in [-0.15, -0.1) is 0 Å². The Labute approximate surface area is 87.5 Å². The van der Waals surface area contributed by atoms with E-state index in [1.807, 2.05) is 0 Å². The summed E-state index contributed by atoms with van der Waals surface area (Å²) >= 11 is 5.72. The number of nitrogen functional groups attached to an aromatic ring is 1. The third kappa shape index (κ3) is 2.64. The number of rotatable bonds is 3. The normalized spacial score (nSPS) is 12.4. The first-order valence-corrected chi connectivity index (χ1v) is 4.65. The molecule has 4 heteroatoms. The quantitative estimate of drug-likeness (QED) is 0.757. The number of hydrogen-bond donors (Lipinski definition) is 2. The molecule has 1 aromatic carbocycles. The number of benzene rings is 1. The first-order chi connectivity index (χ1) is 6.50. The summed E-state index contributed by atoms with van der Waals surface area (Å²) in [4.78, 5) is 10.6. The molecule has 0 aliphatic rings. The summed E-state index contributed by atoms with van der Waals surface area (Å²) in [6.45, 7) is 1.65. The Morgan fingerprint density at radius 2 is 2.29 bits per heavy atom. The smallest absolute Gasteiger partial charge is 0.306 e. The van der Waals surface area contributed by atoms with Crippen LogP contribution in [-0.2, 0) is 11.2 Å². The Morgan fingerprint density at radius 1 is 1.64 bits per heavy atom. The van der Waals surface area contributed by atoms with Crippen molar-refractivity contribution in [1.29, 1.82) is 0 Å². The standard InChI is InChI=1S/C10H12ClNO2/c1-6(10(13)14)4-7-2-3-8(11)5-9(7)12/h2-3,5-6H,4,12H2,1H3,(H,13,14). The minimum absolute atomic E-state index is 0.429. The van der Waals surface area contributed by atoms with Gasteiger partial charge in [0.1, 0.15) is 0 Å². The van der Waals surface area contributed by atoms with Crippen molar-refractivity contribution >= 4 is 23.3 Å². The first-order valence-electron chi connectivity index (χ1n) is 4.27. The van der Waals surface area contributed by atoms with Gasteiger partial charge in [-0.05, 0) is 24.1 Å². The second-order valence-electron chi connectivity index (χ2n) is 3.29. The molecule has 76 valence electrons. The molecule has 0 aromatic heterocycles. The van der Waals surface area contributed by atoms with Crippen LogP contribution >= 0.6 is 11.6 Å². The molecule has 0 bridgehead atoms. The first kappa shape index (κ1) is 10.9. The van der Waals surface area contributed by atoms with Gasteiger partial charge < -0.3 is 10.8 Å². The second-order valence-corrected chi connectivity index (χ2v) is 3.72. The van der Waals surface area contributed by atoms with Gasteiger partial charge in [0.2, 0.25) is 0 Å². The number of halogens is 1. The van der Waals surface area contributed by atoms with Crippen LogP contribution in [0.2, 0.25) is 5.02 Å². The van der Waals surface area contributed by atoms with Crippen LogP contribution in [-0.4, -0.2) is 11.1 Å². The fourth-order valence-corrected chi connectivity index (χ4v) is 1.35. The van der Waals surface area contributed by atoms with E-state index >= 15 is 0 Å². The Bertz CT molecular complexity index is 352. The summed E-state index contributed by atoms with van der Waals surface area (Å²) in [5.74, 6) is -1.25. The van der Waals surface area contributed by atoms with Gasteiger partial charge in [0.05, 0.1) is 5.92 Å². The third-order valence-corrected chi connectivity index (χ3v) is 2.29. The highest BCUT2D eigenvalue weighted by Gasteiger charge is 2.13. The van der Waals surface area contributed by atoms with Gasteiger partial charge in [-0.2, -0.15) is 0 Å². The van der Waals surface area contributed by atoms with Crippen LogP contribution < -0.4 is 5.73 Å². The molecule has 0 saturated carbocycles. The van der Waals surface area contributed by atoms with Crippen molar-refractivity contribution in [2.45, 2.75) is 13.3 Å². The number of carboxylic acids is 1. The van der Waals surface area contributed by atoms with Crippen molar-refractivity contribution < 1.29 is 9.90 Å². The molecular weight excluding hydrogens is 202 g/mol. The Kier molecular flexibility index (Phi) is 3.36. The maximum atomic E-state index is 10.6. The molecule has 3 N–H and O–H groups in total. The highest BCUT2D eigenvalue weighted by atomic mass is 35.5. The van der Waals surface area contributed by atoms with Gasteiger partial charge in [0.15, 0.2) is 0 Å². The number of carboxylic acid groups (broad SMARTS) is 1. The largest absolute Gasteiger partial charge is 0.481 e. The molecule has 1 aromatic rings. The molecule has 0 aliphatic carbocycles. The van der Waals surface area contributed by atoms with Gasteiger partial charge in [0.25, 0.3) is 0 Å². The van der Waals surface area contributed by atoms with E-state index in [1.165, 1.54) is 0 Å². The Balaban J connectivity index is 2.82. The van der Waals surface area contributed by atoms with Crippen LogP contribution in [0.3, 0.4) is 0 Å². The lowest BCUT2D eigenvalue weighted by atomic mass is 10.0. The third-order valence-electron chi connectivity index (χ3n) is 2.06. The van der Waals surface area contributed by atoms with E-state index in [0.717, 1.165) is 5.56 Å². The van der Waals surface area contributed by atoms with Crippen molar-refractivity contribution in [1.82, 2.24) is 0 Å². The molecule has 0 radical (unpaired) electrons. The maximum Gasteiger partial charge on any atom is 0.306 e. The highest BCUT2D eigenvalue weighted by Crippen LogP contribution is 2.20. The summed E-state index contributed by atoms with van der Waals surface area (Å²) in [6.07, 6.45) is 0.429. The summed E-state index contributed by atoms with van der Waals surface area (Å²) < 4.78 is 0. The van der Waals surface area contributed by atoms with Crippen molar-refractivity contribution in [3.8, 4) is 0 Å². The van der Waals surface area contributed by atoms with Gasteiger partial charge >= 0.3 is 5.97 Å². The zero-order valence-corrected chi connectivity index (χ0v) is 8.58. The van der Waals surface area contributed by atoms with Crippen LogP contribution in [0.15, 0.2) is 18.2 Å². The summed E-state index contributed by atoms with van der Waals surface area (Å²) in [6, 6.07) is 5.10. The van der Waals surface area contributed by atoms with Gasteiger partial charge in [0, 0.05) is 10.7 Å². The minimum Gasteiger partial charge on any atom is -0.481 e. The van der Waals surface area contributed by atoms with Crippen LogP contribution in [0.25, 0.3) is 0 Å². The minimum atomic E-state index is -0.820. The molecule has 0 spiro atoms. The van der Waals surface area contributed by atoms with E-state index in [1.54, 1.807) is 25.1 Å². The van der Waals surface area contributed by atoms with E-state index in [9.17, 15) is 4.79 Å². The van der Waals surface area contributed by atoms with Gasteiger partial charge in [-0.25, -0.2) is 0 Å². The molecule has 0 fully saturated rings. The van der Waals surface area contributed by atoms with E-state index in [-0.39, 0.29) is 0 Å². The zero-order chi connectivity index (χ0) is 10.7. The molecule has 1 unspecified atom stereocenters. The molecule has 3 nitrogen and oxygen atoms in total. The average Bonchev–Trinajstić information content (AvgIpc) is 2.09. The lowest BCUT2D eigenvalue weighted by Crippen LogP contribution is -2.13. The summed E-state index contributed by atoms with van der Waals surface area (Å²) in [5, 5.41) is 9.29. The van der Waals surface area contributed by atoms with E-state index in [0.29, 0.717) is 17.1 Å². The van der Waals surface area contributed by atoms with Crippen LogP contribution in [0.4, 0.5) is 5.69 Å². The van der Waals surface area contributed by atoms with Crippen LogP contribution in [0.1, 0.15) is 12.5 Å². The number of hydrogen-bond acceptors (Lipinski definition) is 2. The number of anilines is 1. The molecule has 0 heterocycles. The summed E-state index contributed by atoms with van der Waals surface area (Å²) in [5.41, 5.74) is 7.06. The second kappa shape index (κ2) is 4.33. The topological polar surface area (TPSA) is 63.3 Å². The molecule has 1 atom stereocenters. The lowest BCUT2D eigenvalue weighted by molar-refractivity contribution is -0.141. The lowest BCUT2D eigenvalue weighted by Gasteiger charge is -2.08. The SMILES string of the molecule is CC(Cc1ccc(Cl)cc1N)C(=O)O. The number of nitrogens with two attached hydrogens (primary N) is 1. The van der Waals surface area contributed by atoms with E-state index in [4.69, 9.17) is 22.4 Å². The van der Waals surface area contributed by atoms with Crippen LogP contribution in [0, 0.1) is 5.92 Å². The van der Waals surface area contributed by atoms with Crippen LogP contribution in [0.5, 0.6) is 0 Å².